The van der Waals surface area contributed by atoms with Gasteiger partial charge < -0.3 is 5.73 Å². The highest BCUT2D eigenvalue weighted by molar-refractivity contribution is 6.31. The SMILES string of the molecule is CCc1cc(CC(=O)c2cc(N)cc(Cl)c2)n(C)n1. The van der Waals surface area contributed by atoms with Gasteiger partial charge in [0.25, 0.3) is 0 Å². The lowest BCUT2D eigenvalue weighted by molar-refractivity contribution is 0.0991. The van der Waals surface area contributed by atoms with Gasteiger partial charge in [-0.25, -0.2) is 0 Å². The van der Waals surface area contributed by atoms with Crippen LogP contribution in [0.4, 0.5) is 5.69 Å². The molecule has 5 heteroatoms. The van der Waals surface area contributed by atoms with Crippen LogP contribution < -0.4 is 5.73 Å². The van der Waals surface area contributed by atoms with Gasteiger partial charge in [-0.3, -0.25) is 9.48 Å². The second kappa shape index (κ2) is 5.45. The number of carbonyl (C=O) groups is 1. The maximum absolute atomic E-state index is 12.2. The summed E-state index contributed by atoms with van der Waals surface area (Å²) in [7, 11) is 1.84. The molecule has 0 bridgehead atoms. The van der Waals surface area contributed by atoms with E-state index in [2.05, 4.69) is 5.10 Å². The summed E-state index contributed by atoms with van der Waals surface area (Å²) in [5, 5.41) is 4.80. The molecule has 0 saturated heterocycles. The van der Waals surface area contributed by atoms with Crippen molar-refractivity contribution in [3.8, 4) is 0 Å². The highest BCUT2D eigenvalue weighted by Gasteiger charge is 2.12. The molecule has 0 saturated carbocycles. The molecule has 2 aromatic rings. The molecule has 1 aromatic carbocycles. The van der Waals surface area contributed by atoms with E-state index in [4.69, 9.17) is 17.3 Å². The molecule has 0 spiro atoms. The van der Waals surface area contributed by atoms with Gasteiger partial charge in [0.15, 0.2) is 5.78 Å². The molecule has 0 amide bonds. The Labute approximate surface area is 117 Å². The smallest absolute Gasteiger partial charge is 0.168 e. The highest BCUT2D eigenvalue weighted by atomic mass is 35.5. The van der Waals surface area contributed by atoms with Gasteiger partial charge in [0.05, 0.1) is 12.1 Å². The van der Waals surface area contributed by atoms with Crippen LogP contribution in [0.1, 0.15) is 28.7 Å². The predicted octanol–water partition coefficient (Wildman–Crippen LogP) is 2.64. The first kappa shape index (κ1) is 13.6. The molecule has 4 nitrogen and oxygen atoms in total. The number of hydrogen-bond acceptors (Lipinski definition) is 3. The van der Waals surface area contributed by atoms with E-state index in [1.165, 1.54) is 0 Å². The number of halogens is 1. The number of hydrogen-bond donors (Lipinski definition) is 1. The summed E-state index contributed by atoms with van der Waals surface area (Å²) in [6, 6.07) is 6.85. The summed E-state index contributed by atoms with van der Waals surface area (Å²) in [6.45, 7) is 2.03. The third-order valence-electron chi connectivity index (χ3n) is 2.97. The fraction of sp³-hybridized carbons (Fsp3) is 0.286. The molecule has 0 atom stereocenters. The van der Waals surface area contributed by atoms with Crippen molar-refractivity contribution >= 4 is 23.1 Å². The van der Waals surface area contributed by atoms with Crippen LogP contribution in [-0.4, -0.2) is 15.6 Å². The van der Waals surface area contributed by atoms with Crippen molar-refractivity contribution < 1.29 is 4.79 Å². The lowest BCUT2D eigenvalue weighted by Crippen LogP contribution is -2.08. The summed E-state index contributed by atoms with van der Waals surface area (Å²) >= 11 is 5.91. The molecular weight excluding hydrogens is 262 g/mol. The zero-order valence-corrected chi connectivity index (χ0v) is 11.7. The fourth-order valence-electron chi connectivity index (χ4n) is 1.95. The Kier molecular flexibility index (Phi) is 3.90. The second-order valence-corrected chi connectivity index (χ2v) is 4.91. The number of anilines is 1. The van der Waals surface area contributed by atoms with E-state index in [1.807, 2.05) is 20.0 Å². The Balaban J connectivity index is 2.22. The first-order valence-electron chi connectivity index (χ1n) is 6.10. The number of Topliss-reactive ketones (excluding diaryl/α,β-unsaturated/α-hetero) is 1. The van der Waals surface area contributed by atoms with Crippen LogP contribution in [0.3, 0.4) is 0 Å². The maximum atomic E-state index is 12.2. The number of nitrogens with two attached hydrogens (primary N) is 1. The van der Waals surface area contributed by atoms with Crippen molar-refractivity contribution in [2.45, 2.75) is 19.8 Å². The van der Waals surface area contributed by atoms with E-state index in [1.54, 1.807) is 22.9 Å². The van der Waals surface area contributed by atoms with Crippen LogP contribution >= 0.6 is 11.6 Å². The van der Waals surface area contributed by atoms with Gasteiger partial charge in [-0.2, -0.15) is 5.10 Å². The third-order valence-corrected chi connectivity index (χ3v) is 3.19. The molecule has 0 aliphatic carbocycles. The third kappa shape index (κ3) is 3.15. The average Bonchev–Trinajstić information content (AvgIpc) is 2.69. The summed E-state index contributed by atoms with van der Waals surface area (Å²) in [5.41, 5.74) is 8.59. The molecule has 0 unspecified atom stereocenters. The quantitative estimate of drug-likeness (QED) is 0.690. The van der Waals surface area contributed by atoms with Crippen LogP contribution in [0.15, 0.2) is 24.3 Å². The number of aromatic nitrogens is 2. The maximum Gasteiger partial charge on any atom is 0.168 e. The summed E-state index contributed by atoms with van der Waals surface area (Å²) in [5.74, 6) is -0.0140. The van der Waals surface area contributed by atoms with E-state index in [-0.39, 0.29) is 5.78 Å². The molecule has 0 aliphatic heterocycles. The molecule has 19 heavy (non-hydrogen) atoms. The van der Waals surface area contributed by atoms with Crippen LogP contribution in [0.5, 0.6) is 0 Å². The van der Waals surface area contributed by atoms with Crippen LogP contribution in [0.25, 0.3) is 0 Å². The monoisotopic (exact) mass is 277 g/mol. The van der Waals surface area contributed by atoms with Gasteiger partial charge in [-0.05, 0) is 30.7 Å². The molecule has 100 valence electrons. The van der Waals surface area contributed by atoms with Gasteiger partial charge in [-0.1, -0.05) is 18.5 Å². The summed E-state index contributed by atoms with van der Waals surface area (Å²) in [4.78, 5) is 12.2. The van der Waals surface area contributed by atoms with Crippen molar-refractivity contribution in [2.75, 3.05) is 5.73 Å². The largest absolute Gasteiger partial charge is 0.399 e. The Bertz CT molecular complexity index is 599. The normalized spacial score (nSPS) is 10.7. The number of rotatable bonds is 4. The summed E-state index contributed by atoms with van der Waals surface area (Å²) < 4.78 is 1.74. The topological polar surface area (TPSA) is 60.9 Å². The first-order chi connectivity index (χ1) is 8.99. The summed E-state index contributed by atoms with van der Waals surface area (Å²) in [6.07, 6.45) is 1.15. The molecule has 2 N–H and O–H groups in total. The molecule has 1 heterocycles. The van der Waals surface area contributed by atoms with Crippen LogP contribution in [0.2, 0.25) is 5.02 Å². The molecule has 0 fully saturated rings. The molecule has 1 aromatic heterocycles. The lowest BCUT2D eigenvalue weighted by atomic mass is 10.1. The lowest BCUT2D eigenvalue weighted by Gasteiger charge is -2.04. The van der Waals surface area contributed by atoms with Crippen molar-refractivity contribution in [1.29, 1.82) is 0 Å². The number of benzene rings is 1. The van der Waals surface area contributed by atoms with Crippen molar-refractivity contribution in [3.05, 3.63) is 46.2 Å². The van der Waals surface area contributed by atoms with E-state index in [0.717, 1.165) is 17.8 Å². The number of nitrogens with zero attached hydrogens (tertiary/aromatic N) is 2. The minimum Gasteiger partial charge on any atom is -0.399 e. The molecule has 2 rings (SSSR count). The van der Waals surface area contributed by atoms with E-state index in [9.17, 15) is 4.79 Å². The van der Waals surface area contributed by atoms with E-state index >= 15 is 0 Å². The Morgan fingerprint density at radius 2 is 2.11 bits per heavy atom. The zero-order chi connectivity index (χ0) is 14.0. The van der Waals surface area contributed by atoms with Crippen LogP contribution in [-0.2, 0) is 19.9 Å². The standard InChI is InChI=1S/C14H16ClN3O/c1-3-12-7-13(18(2)17-12)8-14(19)9-4-10(15)6-11(16)5-9/h4-7H,3,8,16H2,1-2H3. The first-order valence-corrected chi connectivity index (χ1v) is 6.48. The van der Waals surface area contributed by atoms with Gasteiger partial charge in [0.2, 0.25) is 0 Å². The molecule has 0 radical (unpaired) electrons. The van der Waals surface area contributed by atoms with Crippen molar-refractivity contribution in [3.63, 3.8) is 0 Å². The fourth-order valence-corrected chi connectivity index (χ4v) is 2.19. The minimum atomic E-state index is -0.0140. The molecule has 0 aliphatic rings. The number of carbonyl (C=O) groups excluding carboxylic acids is 1. The van der Waals surface area contributed by atoms with Gasteiger partial charge >= 0.3 is 0 Å². The highest BCUT2D eigenvalue weighted by Crippen LogP contribution is 2.18. The Hall–Kier alpha value is -1.81. The van der Waals surface area contributed by atoms with Crippen LogP contribution in [0, 0.1) is 0 Å². The van der Waals surface area contributed by atoms with Gasteiger partial charge in [0, 0.05) is 29.0 Å². The van der Waals surface area contributed by atoms with Gasteiger partial charge in [-0.15, -0.1) is 0 Å². The second-order valence-electron chi connectivity index (χ2n) is 4.48. The minimum absolute atomic E-state index is 0.0140. The van der Waals surface area contributed by atoms with E-state index < -0.39 is 0 Å². The van der Waals surface area contributed by atoms with E-state index in [0.29, 0.717) is 22.7 Å². The Morgan fingerprint density at radius 1 is 1.37 bits per heavy atom. The zero-order valence-electron chi connectivity index (χ0n) is 11.0. The number of nitrogen functional groups attached to an aromatic ring is 1. The molecular formula is C14H16ClN3O. The number of ketones is 1. The van der Waals surface area contributed by atoms with Crippen molar-refractivity contribution in [2.24, 2.45) is 7.05 Å². The Morgan fingerprint density at radius 3 is 2.68 bits per heavy atom. The average molecular weight is 278 g/mol. The van der Waals surface area contributed by atoms with Gasteiger partial charge in [0.1, 0.15) is 0 Å². The predicted molar refractivity (Wildman–Crippen MR) is 76.5 cm³/mol. The number of aryl methyl sites for hydroxylation is 2. The van der Waals surface area contributed by atoms with Crippen molar-refractivity contribution in [1.82, 2.24) is 9.78 Å².